The van der Waals surface area contributed by atoms with Crippen LogP contribution in [0.5, 0.6) is 0 Å². The number of rotatable bonds is 15. The largest absolute Gasteiger partial charge is 0.481 e. The number of carbonyl (C=O) groups excluding carboxylic acids is 1. The van der Waals surface area contributed by atoms with Crippen LogP contribution in [0.1, 0.15) is 97.3 Å². The minimum atomic E-state index is -0.715. The van der Waals surface area contributed by atoms with Gasteiger partial charge in [0.25, 0.3) is 0 Å². The Morgan fingerprint density at radius 2 is 1.41 bits per heavy atom. The van der Waals surface area contributed by atoms with E-state index in [0.29, 0.717) is 6.42 Å². The second-order valence-corrected chi connectivity index (χ2v) is 6.06. The van der Waals surface area contributed by atoms with Gasteiger partial charge < -0.3 is 9.84 Å². The van der Waals surface area contributed by atoms with Gasteiger partial charge in [-0.15, -0.1) is 0 Å². The van der Waals surface area contributed by atoms with Gasteiger partial charge in [0.15, 0.2) is 0 Å². The van der Waals surface area contributed by atoms with E-state index in [9.17, 15) is 9.59 Å². The summed E-state index contributed by atoms with van der Waals surface area (Å²) in [5.74, 6) is -0.770. The van der Waals surface area contributed by atoms with Crippen molar-refractivity contribution < 1.29 is 19.4 Å². The molecule has 0 saturated heterocycles. The maximum absolute atomic E-state index is 11.8. The molecule has 0 aliphatic carbocycles. The van der Waals surface area contributed by atoms with Gasteiger partial charge in [0.1, 0.15) is 6.10 Å². The van der Waals surface area contributed by atoms with Crippen molar-refractivity contribution in [3.05, 3.63) is 0 Å². The molecule has 0 rings (SSSR count). The minimum absolute atomic E-state index is 0.0552. The molecule has 0 aromatic carbocycles. The van der Waals surface area contributed by atoms with Crippen molar-refractivity contribution in [2.75, 3.05) is 0 Å². The molecule has 0 aromatic rings. The third-order valence-corrected chi connectivity index (χ3v) is 3.81. The van der Waals surface area contributed by atoms with Gasteiger partial charge in [-0.2, -0.15) is 0 Å². The quantitative estimate of drug-likeness (QED) is 0.337. The van der Waals surface area contributed by atoms with Crippen LogP contribution in [0, 0.1) is 0 Å². The topological polar surface area (TPSA) is 63.6 Å². The summed E-state index contributed by atoms with van der Waals surface area (Å²) >= 11 is 0. The molecule has 1 unspecified atom stereocenters. The molecule has 4 nitrogen and oxygen atoms in total. The number of carboxylic acid groups (broad SMARTS) is 1. The zero-order chi connectivity index (χ0) is 16.6. The second kappa shape index (κ2) is 14.9. The third kappa shape index (κ3) is 13.9. The van der Waals surface area contributed by atoms with Gasteiger partial charge in [-0.3, -0.25) is 9.59 Å². The molecule has 22 heavy (non-hydrogen) atoms. The Morgan fingerprint density at radius 1 is 0.818 bits per heavy atom. The van der Waals surface area contributed by atoms with Crippen molar-refractivity contribution in [1.29, 1.82) is 0 Å². The number of hydrogen-bond acceptors (Lipinski definition) is 3. The SMILES string of the molecule is CCCCC(CCC)OC(=O)CCCCCCCCC(=O)O. The van der Waals surface area contributed by atoms with Crippen LogP contribution in [0.15, 0.2) is 0 Å². The summed E-state index contributed by atoms with van der Waals surface area (Å²) in [7, 11) is 0. The standard InChI is InChI=1S/C18H34O4/c1-3-5-13-16(12-4-2)22-18(21)15-11-9-7-6-8-10-14-17(19)20/h16H,3-15H2,1-2H3,(H,19,20). The van der Waals surface area contributed by atoms with Crippen LogP contribution in [0.3, 0.4) is 0 Å². The molecule has 0 aliphatic rings. The summed E-state index contributed by atoms with van der Waals surface area (Å²) in [5.41, 5.74) is 0. The van der Waals surface area contributed by atoms with Crippen LogP contribution < -0.4 is 0 Å². The maximum atomic E-state index is 11.8. The summed E-state index contributed by atoms with van der Waals surface area (Å²) < 4.78 is 5.56. The molecule has 0 bridgehead atoms. The Morgan fingerprint density at radius 3 is 1.95 bits per heavy atom. The first-order valence-electron chi connectivity index (χ1n) is 9.01. The highest BCUT2D eigenvalue weighted by Crippen LogP contribution is 2.14. The van der Waals surface area contributed by atoms with E-state index in [1.54, 1.807) is 0 Å². The van der Waals surface area contributed by atoms with E-state index >= 15 is 0 Å². The highest BCUT2D eigenvalue weighted by atomic mass is 16.5. The van der Waals surface area contributed by atoms with Gasteiger partial charge in [-0.05, 0) is 25.7 Å². The summed E-state index contributed by atoms with van der Waals surface area (Å²) in [6.45, 7) is 4.28. The van der Waals surface area contributed by atoms with Crippen molar-refractivity contribution in [2.24, 2.45) is 0 Å². The second-order valence-electron chi connectivity index (χ2n) is 6.06. The number of ether oxygens (including phenoxy) is 1. The molecule has 0 amide bonds. The molecular formula is C18H34O4. The van der Waals surface area contributed by atoms with Gasteiger partial charge in [0, 0.05) is 12.8 Å². The van der Waals surface area contributed by atoms with Gasteiger partial charge >= 0.3 is 11.9 Å². The lowest BCUT2D eigenvalue weighted by atomic mass is 10.1. The molecule has 0 aromatic heterocycles. The van der Waals surface area contributed by atoms with Crippen molar-refractivity contribution in [2.45, 2.75) is 103 Å². The lowest BCUT2D eigenvalue weighted by Gasteiger charge is -2.17. The third-order valence-electron chi connectivity index (χ3n) is 3.81. The maximum Gasteiger partial charge on any atom is 0.306 e. The number of aliphatic carboxylic acids is 1. The Balaban J connectivity index is 3.56. The lowest BCUT2D eigenvalue weighted by molar-refractivity contribution is -0.150. The summed E-state index contributed by atoms with van der Waals surface area (Å²) in [5, 5.41) is 8.53. The Labute approximate surface area is 135 Å². The molecular weight excluding hydrogens is 280 g/mol. The van der Waals surface area contributed by atoms with Crippen LogP contribution in [0.2, 0.25) is 0 Å². The monoisotopic (exact) mass is 314 g/mol. The number of carboxylic acids is 1. The number of unbranched alkanes of at least 4 members (excludes halogenated alkanes) is 6. The zero-order valence-corrected chi connectivity index (χ0v) is 14.4. The molecule has 0 fully saturated rings. The van der Waals surface area contributed by atoms with Crippen molar-refractivity contribution in [3.8, 4) is 0 Å². The predicted molar refractivity (Wildman–Crippen MR) is 88.9 cm³/mol. The van der Waals surface area contributed by atoms with Crippen LogP contribution in [-0.2, 0) is 14.3 Å². The van der Waals surface area contributed by atoms with Crippen LogP contribution >= 0.6 is 0 Å². The molecule has 1 atom stereocenters. The number of esters is 1. The van der Waals surface area contributed by atoms with Crippen molar-refractivity contribution >= 4 is 11.9 Å². The van der Waals surface area contributed by atoms with E-state index in [1.807, 2.05) is 0 Å². The first-order valence-corrected chi connectivity index (χ1v) is 9.01. The van der Waals surface area contributed by atoms with E-state index < -0.39 is 5.97 Å². The van der Waals surface area contributed by atoms with Crippen molar-refractivity contribution in [1.82, 2.24) is 0 Å². The molecule has 0 heterocycles. The van der Waals surface area contributed by atoms with Crippen LogP contribution in [0.25, 0.3) is 0 Å². The predicted octanol–water partition coefficient (Wildman–Crippen LogP) is 5.09. The van der Waals surface area contributed by atoms with E-state index in [2.05, 4.69) is 13.8 Å². The average molecular weight is 314 g/mol. The molecule has 1 N–H and O–H groups in total. The molecule has 0 radical (unpaired) electrons. The first-order chi connectivity index (χ1) is 10.6. The fourth-order valence-electron chi connectivity index (χ4n) is 2.51. The summed E-state index contributed by atoms with van der Waals surface area (Å²) in [4.78, 5) is 22.2. The Hall–Kier alpha value is -1.06. The minimum Gasteiger partial charge on any atom is -0.481 e. The summed E-state index contributed by atoms with van der Waals surface area (Å²) in [6, 6.07) is 0. The fourth-order valence-corrected chi connectivity index (χ4v) is 2.51. The van der Waals surface area contributed by atoms with Gasteiger partial charge in [-0.1, -0.05) is 58.8 Å². The zero-order valence-electron chi connectivity index (χ0n) is 14.4. The van der Waals surface area contributed by atoms with E-state index in [4.69, 9.17) is 9.84 Å². The fraction of sp³-hybridized carbons (Fsp3) is 0.889. The van der Waals surface area contributed by atoms with Gasteiger partial charge in [0.2, 0.25) is 0 Å². The molecule has 0 aliphatic heterocycles. The van der Waals surface area contributed by atoms with E-state index in [-0.39, 0.29) is 18.5 Å². The number of carbonyl (C=O) groups is 2. The van der Waals surface area contributed by atoms with Gasteiger partial charge in [-0.25, -0.2) is 0 Å². The molecule has 0 saturated carbocycles. The highest BCUT2D eigenvalue weighted by molar-refractivity contribution is 5.69. The van der Waals surface area contributed by atoms with E-state index in [1.165, 1.54) is 0 Å². The lowest BCUT2D eigenvalue weighted by Crippen LogP contribution is -2.18. The van der Waals surface area contributed by atoms with Crippen LogP contribution in [0.4, 0.5) is 0 Å². The van der Waals surface area contributed by atoms with Gasteiger partial charge in [0.05, 0.1) is 0 Å². The van der Waals surface area contributed by atoms with Crippen molar-refractivity contribution in [3.63, 3.8) is 0 Å². The molecule has 4 heteroatoms. The Kier molecular flexibility index (Phi) is 14.1. The first kappa shape index (κ1) is 20.9. The molecule has 130 valence electrons. The number of hydrogen-bond donors (Lipinski definition) is 1. The molecule has 0 spiro atoms. The highest BCUT2D eigenvalue weighted by Gasteiger charge is 2.12. The Bertz CT molecular complexity index is 289. The smallest absolute Gasteiger partial charge is 0.306 e. The normalized spacial score (nSPS) is 12.1. The van der Waals surface area contributed by atoms with E-state index in [0.717, 1.165) is 70.6 Å². The van der Waals surface area contributed by atoms with Crippen LogP contribution in [-0.4, -0.2) is 23.1 Å². The average Bonchev–Trinajstić information content (AvgIpc) is 2.47. The summed E-state index contributed by atoms with van der Waals surface area (Å²) in [6.07, 6.45) is 11.9.